The fourth-order valence-electron chi connectivity index (χ4n) is 4.22. The van der Waals surface area contributed by atoms with E-state index in [1.807, 2.05) is 43.8 Å². The Balaban J connectivity index is 1.59. The summed E-state index contributed by atoms with van der Waals surface area (Å²) >= 11 is 0. The summed E-state index contributed by atoms with van der Waals surface area (Å²) in [5.41, 5.74) is 5.69. The van der Waals surface area contributed by atoms with Crippen molar-refractivity contribution in [1.29, 1.82) is 0 Å². The van der Waals surface area contributed by atoms with Crippen LogP contribution in [-0.2, 0) is 13.5 Å². The van der Waals surface area contributed by atoms with Crippen LogP contribution < -0.4 is 15.5 Å². The lowest BCUT2D eigenvalue weighted by atomic mass is 9.90. The number of aryl methyl sites for hydroxylation is 3. The molecule has 0 spiro atoms. The summed E-state index contributed by atoms with van der Waals surface area (Å²) < 4.78 is 1.93. The maximum atomic E-state index is 12.9. The second kappa shape index (κ2) is 6.72. The van der Waals surface area contributed by atoms with Crippen LogP contribution in [0.2, 0.25) is 0 Å². The first-order chi connectivity index (χ1) is 13.0. The SMILES string of the molecule is Cc1ccc(C(=O)NC2CCCc3c2c(C)nn3C)cc1N1CCNC1=O. The van der Waals surface area contributed by atoms with E-state index in [-0.39, 0.29) is 18.0 Å². The number of nitrogens with one attached hydrogen (secondary N) is 2. The summed E-state index contributed by atoms with van der Waals surface area (Å²) in [6.07, 6.45) is 2.94. The highest BCUT2D eigenvalue weighted by Gasteiger charge is 2.28. The number of urea groups is 1. The zero-order chi connectivity index (χ0) is 19.1. The molecule has 3 amide bonds. The first kappa shape index (κ1) is 17.6. The summed E-state index contributed by atoms with van der Waals surface area (Å²) in [6, 6.07) is 5.41. The minimum Gasteiger partial charge on any atom is -0.345 e. The number of fused-ring (bicyclic) bond motifs is 1. The van der Waals surface area contributed by atoms with Crippen molar-refractivity contribution >= 4 is 17.6 Å². The molecular weight excluding hydrogens is 342 g/mol. The van der Waals surface area contributed by atoms with Crippen molar-refractivity contribution in [3.63, 3.8) is 0 Å². The summed E-state index contributed by atoms with van der Waals surface area (Å²) in [6.45, 7) is 5.19. The van der Waals surface area contributed by atoms with E-state index >= 15 is 0 Å². The lowest BCUT2D eigenvalue weighted by Crippen LogP contribution is -2.32. The smallest absolute Gasteiger partial charge is 0.322 e. The van der Waals surface area contributed by atoms with Gasteiger partial charge in [-0.25, -0.2) is 4.79 Å². The van der Waals surface area contributed by atoms with E-state index in [0.717, 1.165) is 41.8 Å². The quantitative estimate of drug-likeness (QED) is 0.874. The predicted molar refractivity (Wildman–Crippen MR) is 103 cm³/mol. The van der Waals surface area contributed by atoms with E-state index in [9.17, 15) is 9.59 Å². The van der Waals surface area contributed by atoms with Gasteiger partial charge in [-0.05, 0) is 50.8 Å². The molecule has 1 unspecified atom stereocenters. The lowest BCUT2D eigenvalue weighted by Gasteiger charge is -2.25. The van der Waals surface area contributed by atoms with Crippen LogP contribution in [0.3, 0.4) is 0 Å². The van der Waals surface area contributed by atoms with Gasteiger partial charge in [0, 0.05) is 42.6 Å². The maximum Gasteiger partial charge on any atom is 0.322 e. The Bertz CT molecular complexity index is 917. The van der Waals surface area contributed by atoms with Crippen LogP contribution in [0.15, 0.2) is 18.2 Å². The van der Waals surface area contributed by atoms with Gasteiger partial charge < -0.3 is 10.6 Å². The molecule has 1 aliphatic heterocycles. The van der Waals surface area contributed by atoms with Gasteiger partial charge in [0.05, 0.1) is 11.7 Å². The minimum atomic E-state index is -0.114. The molecule has 1 aromatic heterocycles. The second-order valence-electron chi connectivity index (χ2n) is 7.37. The third-order valence-corrected chi connectivity index (χ3v) is 5.57. The fraction of sp³-hybridized carbons (Fsp3) is 0.450. The van der Waals surface area contributed by atoms with Crippen LogP contribution in [0.4, 0.5) is 10.5 Å². The molecule has 0 radical (unpaired) electrons. The molecule has 4 rings (SSSR count). The molecule has 2 aliphatic rings. The zero-order valence-electron chi connectivity index (χ0n) is 16.0. The van der Waals surface area contributed by atoms with Gasteiger partial charge in [0.1, 0.15) is 0 Å². The van der Waals surface area contributed by atoms with Crippen molar-refractivity contribution in [2.45, 2.75) is 39.2 Å². The van der Waals surface area contributed by atoms with Crippen LogP contribution in [-0.4, -0.2) is 34.8 Å². The molecule has 2 N–H and O–H groups in total. The third kappa shape index (κ3) is 3.07. The van der Waals surface area contributed by atoms with Crippen molar-refractivity contribution in [1.82, 2.24) is 20.4 Å². The molecule has 2 aromatic rings. The van der Waals surface area contributed by atoms with Crippen molar-refractivity contribution in [2.24, 2.45) is 7.05 Å². The normalized spacial score (nSPS) is 19.0. The van der Waals surface area contributed by atoms with Crippen LogP contribution in [0, 0.1) is 13.8 Å². The molecule has 1 fully saturated rings. The van der Waals surface area contributed by atoms with E-state index in [1.165, 1.54) is 5.69 Å². The molecule has 2 heterocycles. The number of benzene rings is 1. The number of hydrogen-bond donors (Lipinski definition) is 2. The number of anilines is 1. The van der Waals surface area contributed by atoms with Crippen molar-refractivity contribution in [3.8, 4) is 0 Å². The molecule has 27 heavy (non-hydrogen) atoms. The minimum absolute atomic E-state index is 0.0187. The zero-order valence-corrected chi connectivity index (χ0v) is 16.0. The highest BCUT2D eigenvalue weighted by Crippen LogP contribution is 2.32. The molecule has 1 aliphatic carbocycles. The molecule has 1 atom stereocenters. The summed E-state index contributed by atoms with van der Waals surface area (Å²) in [5.74, 6) is -0.114. The second-order valence-corrected chi connectivity index (χ2v) is 7.37. The molecule has 1 aromatic carbocycles. The Hall–Kier alpha value is -2.83. The van der Waals surface area contributed by atoms with E-state index < -0.39 is 0 Å². The predicted octanol–water partition coefficient (Wildman–Crippen LogP) is 2.37. The monoisotopic (exact) mass is 367 g/mol. The van der Waals surface area contributed by atoms with Gasteiger partial charge in [-0.3, -0.25) is 14.4 Å². The Kier molecular flexibility index (Phi) is 4.37. The average Bonchev–Trinajstić information content (AvgIpc) is 3.19. The number of carbonyl (C=O) groups excluding carboxylic acids is 2. The van der Waals surface area contributed by atoms with Gasteiger partial charge in [0.25, 0.3) is 5.91 Å². The summed E-state index contributed by atoms with van der Waals surface area (Å²) in [7, 11) is 1.96. The molecule has 142 valence electrons. The van der Waals surface area contributed by atoms with Gasteiger partial charge in [-0.2, -0.15) is 5.10 Å². The number of hydrogen-bond acceptors (Lipinski definition) is 3. The summed E-state index contributed by atoms with van der Waals surface area (Å²) in [5, 5.41) is 10.5. The maximum absolute atomic E-state index is 12.9. The van der Waals surface area contributed by atoms with Gasteiger partial charge in [-0.15, -0.1) is 0 Å². The van der Waals surface area contributed by atoms with Crippen molar-refractivity contribution in [3.05, 3.63) is 46.3 Å². The Labute approximate surface area is 158 Å². The van der Waals surface area contributed by atoms with Crippen LogP contribution in [0.1, 0.15) is 51.8 Å². The first-order valence-corrected chi connectivity index (χ1v) is 9.45. The number of aromatic nitrogens is 2. The van der Waals surface area contributed by atoms with E-state index in [2.05, 4.69) is 15.7 Å². The van der Waals surface area contributed by atoms with Gasteiger partial charge in [-0.1, -0.05) is 6.07 Å². The lowest BCUT2D eigenvalue weighted by molar-refractivity contribution is 0.0932. The Morgan fingerprint density at radius 3 is 2.89 bits per heavy atom. The topological polar surface area (TPSA) is 79.3 Å². The average molecular weight is 367 g/mol. The van der Waals surface area contributed by atoms with Gasteiger partial charge in [0.15, 0.2) is 0 Å². The third-order valence-electron chi connectivity index (χ3n) is 5.57. The molecule has 0 saturated carbocycles. The number of nitrogens with zero attached hydrogens (tertiary/aromatic N) is 3. The van der Waals surface area contributed by atoms with E-state index in [1.54, 1.807) is 4.90 Å². The van der Waals surface area contributed by atoms with Gasteiger partial charge in [0.2, 0.25) is 0 Å². The number of rotatable bonds is 3. The van der Waals surface area contributed by atoms with Crippen LogP contribution >= 0.6 is 0 Å². The van der Waals surface area contributed by atoms with Crippen LogP contribution in [0.25, 0.3) is 0 Å². The standard InChI is InChI=1S/C20H25N5O2/c1-12-7-8-14(11-17(12)25-10-9-21-20(25)27)19(26)22-15-5-4-6-16-18(15)13(2)23-24(16)3/h7-8,11,15H,4-6,9-10H2,1-3H3,(H,21,27)(H,22,26). The first-order valence-electron chi connectivity index (χ1n) is 9.45. The highest BCUT2D eigenvalue weighted by molar-refractivity contribution is 5.99. The molecule has 7 heteroatoms. The Morgan fingerprint density at radius 1 is 1.33 bits per heavy atom. The largest absolute Gasteiger partial charge is 0.345 e. The highest BCUT2D eigenvalue weighted by atomic mass is 16.2. The Morgan fingerprint density at radius 2 is 2.15 bits per heavy atom. The fourth-order valence-corrected chi connectivity index (χ4v) is 4.22. The molecular formula is C20H25N5O2. The van der Waals surface area contributed by atoms with E-state index in [0.29, 0.717) is 18.7 Å². The number of amides is 3. The van der Waals surface area contributed by atoms with Crippen molar-refractivity contribution < 1.29 is 9.59 Å². The van der Waals surface area contributed by atoms with Crippen molar-refractivity contribution in [2.75, 3.05) is 18.0 Å². The summed E-state index contributed by atoms with van der Waals surface area (Å²) in [4.78, 5) is 26.6. The number of carbonyl (C=O) groups is 2. The van der Waals surface area contributed by atoms with Gasteiger partial charge >= 0.3 is 6.03 Å². The molecule has 1 saturated heterocycles. The molecule has 7 nitrogen and oxygen atoms in total. The van der Waals surface area contributed by atoms with Crippen LogP contribution in [0.5, 0.6) is 0 Å². The molecule has 0 bridgehead atoms. The van der Waals surface area contributed by atoms with E-state index in [4.69, 9.17) is 0 Å².